The van der Waals surface area contributed by atoms with E-state index in [2.05, 4.69) is 32.6 Å². The third-order valence-corrected chi connectivity index (χ3v) is 4.57. The first kappa shape index (κ1) is 14.4. The van der Waals surface area contributed by atoms with E-state index in [4.69, 9.17) is 21.3 Å². The number of fused-ring (bicyclic) bond motifs is 1. The maximum atomic E-state index is 5.93. The number of nitrogens with zero attached hydrogens (tertiary/aromatic N) is 2. The molecule has 0 N–H and O–H groups in total. The van der Waals surface area contributed by atoms with E-state index in [1.807, 2.05) is 6.07 Å². The second-order valence-corrected chi connectivity index (χ2v) is 6.56. The summed E-state index contributed by atoms with van der Waals surface area (Å²) in [6.07, 6.45) is 3.08. The van der Waals surface area contributed by atoms with Gasteiger partial charge in [-0.3, -0.25) is 0 Å². The number of alkyl halides is 1. The zero-order valence-corrected chi connectivity index (χ0v) is 13.7. The lowest BCUT2D eigenvalue weighted by atomic mass is 10.0. The quantitative estimate of drug-likeness (QED) is 0.773. The molecule has 0 aliphatic carbocycles. The molecule has 20 heavy (non-hydrogen) atoms. The number of aryl methyl sites for hydroxylation is 1. The lowest BCUT2D eigenvalue weighted by Gasteiger charge is -2.23. The Labute approximate surface area is 132 Å². The van der Waals surface area contributed by atoms with E-state index in [1.54, 1.807) is 0 Å². The smallest absolute Gasteiger partial charge is 0.111 e. The second-order valence-electron chi connectivity index (χ2n) is 5.27. The number of hydrogen-bond acceptors (Lipinski definition) is 2. The molecule has 2 heterocycles. The van der Waals surface area contributed by atoms with Gasteiger partial charge in [0.15, 0.2) is 0 Å². The number of rotatable bonds is 4. The Kier molecular flexibility index (Phi) is 4.64. The summed E-state index contributed by atoms with van der Waals surface area (Å²) < 4.78 is 8.89. The minimum absolute atomic E-state index is 0.609. The van der Waals surface area contributed by atoms with Crippen LogP contribution in [-0.4, -0.2) is 28.6 Å². The van der Waals surface area contributed by atoms with Crippen LogP contribution in [0.4, 0.5) is 0 Å². The van der Waals surface area contributed by atoms with Crippen molar-refractivity contribution in [2.75, 3.05) is 19.1 Å². The maximum absolute atomic E-state index is 5.93. The van der Waals surface area contributed by atoms with Gasteiger partial charge in [-0.15, -0.1) is 11.6 Å². The van der Waals surface area contributed by atoms with E-state index in [9.17, 15) is 0 Å². The molecule has 1 fully saturated rings. The van der Waals surface area contributed by atoms with Gasteiger partial charge in [-0.2, -0.15) is 0 Å². The summed E-state index contributed by atoms with van der Waals surface area (Å²) in [6.45, 7) is 2.78. The summed E-state index contributed by atoms with van der Waals surface area (Å²) in [5.41, 5.74) is 2.26. The fraction of sp³-hybridized carbons (Fsp3) is 0.533. The predicted octanol–water partition coefficient (Wildman–Crippen LogP) is 4.01. The standard InChI is InChI=1S/C15H18BrClN2O/c16-12-1-2-13-14(9-12)19(15(18-13)3-6-17)10-11-4-7-20-8-5-11/h1-2,9,11H,3-8,10H2. The van der Waals surface area contributed by atoms with Gasteiger partial charge in [0.1, 0.15) is 5.82 Å². The molecule has 1 aromatic heterocycles. The normalized spacial score (nSPS) is 16.9. The van der Waals surface area contributed by atoms with Gasteiger partial charge in [0.05, 0.1) is 11.0 Å². The van der Waals surface area contributed by atoms with E-state index >= 15 is 0 Å². The first-order valence-corrected chi connectivity index (χ1v) is 8.39. The Morgan fingerprint density at radius 2 is 2.15 bits per heavy atom. The van der Waals surface area contributed by atoms with Crippen molar-refractivity contribution in [1.29, 1.82) is 0 Å². The summed E-state index contributed by atoms with van der Waals surface area (Å²) in [4.78, 5) is 4.74. The molecule has 0 saturated carbocycles. The molecule has 108 valence electrons. The fourth-order valence-electron chi connectivity index (χ4n) is 2.81. The van der Waals surface area contributed by atoms with Gasteiger partial charge >= 0.3 is 0 Å². The lowest BCUT2D eigenvalue weighted by Crippen LogP contribution is -2.21. The number of ether oxygens (including phenoxy) is 1. The van der Waals surface area contributed by atoms with Gasteiger partial charge in [0.25, 0.3) is 0 Å². The molecule has 5 heteroatoms. The SMILES string of the molecule is ClCCc1nc2ccc(Br)cc2n1CC1CCOCC1. The topological polar surface area (TPSA) is 27.1 Å². The van der Waals surface area contributed by atoms with Crippen LogP contribution in [0.25, 0.3) is 11.0 Å². The molecular formula is C15H18BrClN2O. The van der Waals surface area contributed by atoms with Crippen LogP contribution in [0.1, 0.15) is 18.7 Å². The van der Waals surface area contributed by atoms with Gasteiger partial charge < -0.3 is 9.30 Å². The molecule has 0 spiro atoms. The van der Waals surface area contributed by atoms with Crippen LogP contribution >= 0.6 is 27.5 Å². The van der Waals surface area contributed by atoms with Gasteiger partial charge in [-0.1, -0.05) is 15.9 Å². The lowest BCUT2D eigenvalue weighted by molar-refractivity contribution is 0.0613. The monoisotopic (exact) mass is 356 g/mol. The Morgan fingerprint density at radius 1 is 1.35 bits per heavy atom. The molecule has 0 unspecified atom stereocenters. The van der Waals surface area contributed by atoms with Crippen LogP contribution in [0.5, 0.6) is 0 Å². The molecule has 2 aromatic rings. The van der Waals surface area contributed by atoms with Gasteiger partial charge in [0, 0.05) is 36.5 Å². The molecule has 1 saturated heterocycles. The van der Waals surface area contributed by atoms with Crippen LogP contribution < -0.4 is 0 Å². The minimum atomic E-state index is 0.609. The van der Waals surface area contributed by atoms with Gasteiger partial charge in [-0.05, 0) is 37.0 Å². The van der Waals surface area contributed by atoms with Crippen LogP contribution in [-0.2, 0) is 17.7 Å². The average Bonchev–Trinajstić information content (AvgIpc) is 2.78. The third-order valence-electron chi connectivity index (χ3n) is 3.89. The van der Waals surface area contributed by atoms with E-state index in [1.165, 1.54) is 5.52 Å². The number of benzene rings is 1. The summed E-state index contributed by atoms with van der Waals surface area (Å²) in [5.74, 6) is 2.38. The summed E-state index contributed by atoms with van der Waals surface area (Å²) >= 11 is 9.48. The van der Waals surface area contributed by atoms with E-state index in [-0.39, 0.29) is 0 Å². The fourth-order valence-corrected chi connectivity index (χ4v) is 3.33. The largest absolute Gasteiger partial charge is 0.381 e. The van der Waals surface area contributed by atoms with Crippen molar-refractivity contribution in [3.8, 4) is 0 Å². The summed E-state index contributed by atoms with van der Waals surface area (Å²) in [5, 5.41) is 0. The van der Waals surface area contributed by atoms with E-state index in [0.717, 1.165) is 54.8 Å². The summed E-state index contributed by atoms with van der Waals surface area (Å²) in [7, 11) is 0. The minimum Gasteiger partial charge on any atom is -0.381 e. The number of halogens is 2. The predicted molar refractivity (Wildman–Crippen MR) is 85.4 cm³/mol. The van der Waals surface area contributed by atoms with Crippen molar-refractivity contribution in [2.45, 2.75) is 25.8 Å². The zero-order valence-electron chi connectivity index (χ0n) is 11.3. The van der Waals surface area contributed by atoms with Crippen molar-refractivity contribution in [3.63, 3.8) is 0 Å². The number of hydrogen-bond donors (Lipinski definition) is 0. The van der Waals surface area contributed by atoms with Crippen molar-refractivity contribution in [2.24, 2.45) is 5.92 Å². The molecule has 0 amide bonds. The Bertz CT molecular complexity index is 593. The van der Waals surface area contributed by atoms with Crippen molar-refractivity contribution >= 4 is 38.6 Å². The average molecular weight is 358 g/mol. The highest BCUT2D eigenvalue weighted by molar-refractivity contribution is 9.10. The highest BCUT2D eigenvalue weighted by atomic mass is 79.9. The molecule has 3 nitrogen and oxygen atoms in total. The van der Waals surface area contributed by atoms with Crippen LogP contribution in [0.15, 0.2) is 22.7 Å². The van der Waals surface area contributed by atoms with Gasteiger partial charge in [-0.25, -0.2) is 4.98 Å². The molecule has 1 aliphatic heterocycles. The molecular weight excluding hydrogens is 340 g/mol. The van der Waals surface area contributed by atoms with E-state index in [0.29, 0.717) is 11.8 Å². The number of aromatic nitrogens is 2. The van der Waals surface area contributed by atoms with Crippen molar-refractivity contribution in [3.05, 3.63) is 28.5 Å². The molecule has 0 bridgehead atoms. The van der Waals surface area contributed by atoms with Crippen molar-refractivity contribution in [1.82, 2.24) is 9.55 Å². The van der Waals surface area contributed by atoms with Gasteiger partial charge in [0.2, 0.25) is 0 Å². The Balaban J connectivity index is 1.96. The van der Waals surface area contributed by atoms with Crippen LogP contribution in [0.2, 0.25) is 0 Å². The number of imidazole rings is 1. The maximum Gasteiger partial charge on any atom is 0.111 e. The molecule has 3 rings (SSSR count). The van der Waals surface area contributed by atoms with Crippen LogP contribution in [0, 0.1) is 5.92 Å². The summed E-state index contributed by atoms with van der Waals surface area (Å²) in [6, 6.07) is 6.26. The van der Waals surface area contributed by atoms with Crippen LogP contribution in [0.3, 0.4) is 0 Å². The third kappa shape index (κ3) is 3.02. The van der Waals surface area contributed by atoms with E-state index < -0.39 is 0 Å². The molecule has 0 atom stereocenters. The van der Waals surface area contributed by atoms with Crippen molar-refractivity contribution < 1.29 is 4.74 Å². The molecule has 0 radical (unpaired) electrons. The highest BCUT2D eigenvalue weighted by Crippen LogP contribution is 2.25. The molecule has 1 aliphatic rings. The highest BCUT2D eigenvalue weighted by Gasteiger charge is 2.18. The Morgan fingerprint density at radius 3 is 2.90 bits per heavy atom. The first-order valence-electron chi connectivity index (χ1n) is 7.06. The Hall–Kier alpha value is -0.580. The second kappa shape index (κ2) is 6.46. The zero-order chi connectivity index (χ0) is 13.9. The molecule has 1 aromatic carbocycles. The first-order chi connectivity index (χ1) is 9.78.